The number of nitrogens with zero attached hydrogens (tertiary/aromatic N) is 1. The number of rotatable bonds is 4. The van der Waals surface area contributed by atoms with Gasteiger partial charge in [0.2, 0.25) is 5.91 Å². The second-order valence-corrected chi connectivity index (χ2v) is 6.86. The lowest BCUT2D eigenvalue weighted by Gasteiger charge is -2.29. The number of hydrogen-bond acceptors (Lipinski definition) is 4. The molecule has 5 nitrogen and oxygen atoms in total. The summed E-state index contributed by atoms with van der Waals surface area (Å²) in [7, 11) is 0. The summed E-state index contributed by atoms with van der Waals surface area (Å²) in [5.41, 5.74) is 1.63. The molecular formula is C18H20N2O3S. The number of likely N-dealkylation sites (tertiary alicyclic amines) is 1. The van der Waals surface area contributed by atoms with E-state index < -0.39 is 0 Å². The Labute approximate surface area is 144 Å². The van der Waals surface area contributed by atoms with Crippen molar-refractivity contribution in [2.45, 2.75) is 25.4 Å². The Hall–Kier alpha value is -2.18. The number of amides is 2. The zero-order valence-corrected chi connectivity index (χ0v) is 14.1. The number of carbonyl (C=O) groups is 2. The first kappa shape index (κ1) is 16.7. The molecule has 0 saturated carbocycles. The third kappa shape index (κ3) is 4.21. The molecule has 1 fully saturated rings. The number of anilines is 1. The average Bonchev–Trinajstić information content (AvgIpc) is 3.12. The van der Waals surface area contributed by atoms with E-state index in [2.05, 4.69) is 5.32 Å². The summed E-state index contributed by atoms with van der Waals surface area (Å²) in [6, 6.07) is 11.0. The molecule has 3 rings (SSSR count). The molecule has 0 radical (unpaired) electrons. The normalized spacial score (nSPS) is 15.3. The predicted molar refractivity (Wildman–Crippen MR) is 94.2 cm³/mol. The van der Waals surface area contributed by atoms with Crippen LogP contribution in [-0.4, -0.2) is 41.0 Å². The van der Waals surface area contributed by atoms with Gasteiger partial charge in [0.25, 0.3) is 5.91 Å². The largest absolute Gasteiger partial charge is 0.393 e. The van der Waals surface area contributed by atoms with E-state index in [-0.39, 0.29) is 17.9 Å². The molecule has 2 aromatic rings. The van der Waals surface area contributed by atoms with E-state index in [9.17, 15) is 14.7 Å². The molecule has 2 heterocycles. The summed E-state index contributed by atoms with van der Waals surface area (Å²) < 4.78 is 0. The zero-order valence-electron chi connectivity index (χ0n) is 13.3. The van der Waals surface area contributed by atoms with Crippen molar-refractivity contribution in [3.63, 3.8) is 0 Å². The first-order valence-corrected chi connectivity index (χ1v) is 8.89. The fourth-order valence-corrected chi connectivity index (χ4v) is 3.33. The molecule has 1 aliphatic heterocycles. The van der Waals surface area contributed by atoms with Crippen LogP contribution in [0.1, 0.15) is 28.1 Å². The highest BCUT2D eigenvalue weighted by Crippen LogP contribution is 2.16. The van der Waals surface area contributed by atoms with Crippen LogP contribution in [0.4, 0.5) is 5.69 Å². The van der Waals surface area contributed by atoms with Crippen LogP contribution in [0.5, 0.6) is 0 Å². The van der Waals surface area contributed by atoms with Gasteiger partial charge in [0, 0.05) is 18.8 Å². The molecule has 2 N–H and O–H groups in total. The Morgan fingerprint density at radius 1 is 1.17 bits per heavy atom. The summed E-state index contributed by atoms with van der Waals surface area (Å²) in [6.45, 7) is 1.24. The van der Waals surface area contributed by atoms with Gasteiger partial charge in [-0.2, -0.15) is 0 Å². The van der Waals surface area contributed by atoms with E-state index in [1.807, 2.05) is 35.7 Å². The van der Waals surface area contributed by atoms with Crippen LogP contribution in [0.3, 0.4) is 0 Å². The summed E-state index contributed by atoms with van der Waals surface area (Å²) in [5, 5.41) is 14.2. The molecule has 6 heteroatoms. The summed E-state index contributed by atoms with van der Waals surface area (Å²) in [6.07, 6.45) is 1.37. The highest BCUT2D eigenvalue weighted by atomic mass is 32.1. The number of piperidine rings is 1. The molecule has 1 saturated heterocycles. The van der Waals surface area contributed by atoms with Crippen molar-refractivity contribution in [2.24, 2.45) is 0 Å². The van der Waals surface area contributed by atoms with Crippen LogP contribution in [0.15, 0.2) is 41.8 Å². The highest BCUT2D eigenvalue weighted by Gasteiger charge is 2.21. The molecule has 1 aliphatic rings. The summed E-state index contributed by atoms with van der Waals surface area (Å²) in [5.74, 6) is -0.0435. The predicted octanol–water partition coefficient (Wildman–Crippen LogP) is 2.53. The second-order valence-electron chi connectivity index (χ2n) is 5.92. The number of aliphatic hydroxyl groups excluding tert-OH is 1. The topological polar surface area (TPSA) is 69.6 Å². The average molecular weight is 344 g/mol. The van der Waals surface area contributed by atoms with E-state index >= 15 is 0 Å². The van der Waals surface area contributed by atoms with Crippen molar-refractivity contribution in [2.75, 3.05) is 18.4 Å². The van der Waals surface area contributed by atoms with Gasteiger partial charge < -0.3 is 15.3 Å². The van der Waals surface area contributed by atoms with Crippen molar-refractivity contribution in [1.82, 2.24) is 4.90 Å². The standard InChI is InChI=1S/C18H20N2O3S/c21-15-7-9-20(10-8-15)17(22)12-13-3-5-14(6-4-13)19-18(23)16-2-1-11-24-16/h1-6,11,15,21H,7-10,12H2,(H,19,23). The van der Waals surface area contributed by atoms with Crippen molar-refractivity contribution in [1.29, 1.82) is 0 Å². The van der Waals surface area contributed by atoms with Gasteiger partial charge in [-0.05, 0) is 42.0 Å². The van der Waals surface area contributed by atoms with Crippen LogP contribution in [0.25, 0.3) is 0 Å². The molecular weight excluding hydrogens is 324 g/mol. The molecule has 1 aromatic heterocycles. The molecule has 2 amide bonds. The second kappa shape index (κ2) is 7.59. The Balaban J connectivity index is 1.54. The van der Waals surface area contributed by atoms with Crippen LogP contribution >= 0.6 is 11.3 Å². The molecule has 0 bridgehead atoms. The highest BCUT2D eigenvalue weighted by molar-refractivity contribution is 7.12. The van der Waals surface area contributed by atoms with Crippen LogP contribution in [0.2, 0.25) is 0 Å². The molecule has 1 aromatic carbocycles. The van der Waals surface area contributed by atoms with Crippen molar-refractivity contribution in [3.05, 3.63) is 52.2 Å². The van der Waals surface area contributed by atoms with Gasteiger partial charge >= 0.3 is 0 Å². The van der Waals surface area contributed by atoms with E-state index in [0.717, 1.165) is 5.56 Å². The fraction of sp³-hybridized carbons (Fsp3) is 0.333. The number of hydrogen-bond donors (Lipinski definition) is 2. The van der Waals surface area contributed by atoms with Gasteiger partial charge in [-0.3, -0.25) is 9.59 Å². The number of nitrogens with one attached hydrogen (secondary N) is 1. The van der Waals surface area contributed by atoms with E-state index in [0.29, 0.717) is 42.9 Å². The molecule has 0 atom stereocenters. The van der Waals surface area contributed by atoms with Gasteiger partial charge in [-0.15, -0.1) is 11.3 Å². The smallest absolute Gasteiger partial charge is 0.265 e. The minimum atomic E-state index is -0.278. The van der Waals surface area contributed by atoms with Crippen molar-refractivity contribution in [3.8, 4) is 0 Å². The van der Waals surface area contributed by atoms with Crippen LogP contribution < -0.4 is 5.32 Å². The van der Waals surface area contributed by atoms with Crippen LogP contribution in [0, 0.1) is 0 Å². The number of benzene rings is 1. The Morgan fingerprint density at radius 3 is 2.50 bits per heavy atom. The lowest BCUT2D eigenvalue weighted by Crippen LogP contribution is -2.40. The Kier molecular flexibility index (Phi) is 5.27. The molecule has 24 heavy (non-hydrogen) atoms. The number of carbonyl (C=O) groups excluding carboxylic acids is 2. The minimum Gasteiger partial charge on any atom is -0.393 e. The minimum absolute atomic E-state index is 0.0808. The quantitative estimate of drug-likeness (QED) is 0.895. The van der Waals surface area contributed by atoms with E-state index in [4.69, 9.17) is 0 Å². The van der Waals surface area contributed by atoms with Gasteiger partial charge in [0.15, 0.2) is 0 Å². The number of aliphatic hydroxyl groups is 1. The van der Waals surface area contributed by atoms with Crippen LogP contribution in [-0.2, 0) is 11.2 Å². The fourth-order valence-electron chi connectivity index (χ4n) is 2.71. The van der Waals surface area contributed by atoms with Crippen molar-refractivity contribution < 1.29 is 14.7 Å². The lowest BCUT2D eigenvalue weighted by atomic mass is 10.1. The summed E-state index contributed by atoms with van der Waals surface area (Å²) >= 11 is 1.40. The van der Waals surface area contributed by atoms with Gasteiger partial charge in [-0.1, -0.05) is 18.2 Å². The molecule has 0 unspecified atom stereocenters. The zero-order chi connectivity index (χ0) is 16.9. The molecule has 0 aliphatic carbocycles. The molecule has 126 valence electrons. The molecule has 0 spiro atoms. The maximum Gasteiger partial charge on any atom is 0.265 e. The number of thiophene rings is 1. The first-order chi connectivity index (χ1) is 11.6. The van der Waals surface area contributed by atoms with Gasteiger partial charge in [-0.25, -0.2) is 0 Å². The third-order valence-corrected chi connectivity index (χ3v) is 5.00. The van der Waals surface area contributed by atoms with E-state index in [1.54, 1.807) is 11.0 Å². The lowest BCUT2D eigenvalue weighted by molar-refractivity contribution is -0.132. The summed E-state index contributed by atoms with van der Waals surface area (Å²) in [4.78, 5) is 26.7. The third-order valence-electron chi connectivity index (χ3n) is 4.13. The van der Waals surface area contributed by atoms with Crippen molar-refractivity contribution >= 4 is 28.8 Å². The van der Waals surface area contributed by atoms with Gasteiger partial charge in [0.1, 0.15) is 0 Å². The maximum absolute atomic E-state index is 12.3. The monoisotopic (exact) mass is 344 g/mol. The SMILES string of the molecule is O=C(Nc1ccc(CC(=O)N2CCC(O)CC2)cc1)c1cccs1. The first-order valence-electron chi connectivity index (χ1n) is 8.01. The van der Waals surface area contributed by atoms with Gasteiger partial charge in [0.05, 0.1) is 17.4 Å². The maximum atomic E-state index is 12.3. The van der Waals surface area contributed by atoms with E-state index in [1.165, 1.54) is 11.3 Å². The Morgan fingerprint density at radius 2 is 1.88 bits per heavy atom. The Bertz CT molecular complexity index is 690.